The number of nitrogens with zero attached hydrogens (tertiary/aromatic N) is 1. The first-order chi connectivity index (χ1) is 8.22. The van der Waals surface area contributed by atoms with Crippen molar-refractivity contribution in [3.63, 3.8) is 0 Å². The highest BCUT2D eigenvalue weighted by atomic mass is 16.5. The van der Waals surface area contributed by atoms with E-state index in [1.807, 2.05) is 37.2 Å². The summed E-state index contributed by atoms with van der Waals surface area (Å²) < 4.78 is 11.2. The molecule has 1 aliphatic rings. The van der Waals surface area contributed by atoms with E-state index in [1.165, 1.54) is 0 Å². The Hall–Kier alpha value is -1.30. The lowest BCUT2D eigenvalue weighted by Crippen LogP contribution is -2.37. The highest BCUT2D eigenvalue weighted by Gasteiger charge is 2.16. The van der Waals surface area contributed by atoms with Crippen LogP contribution in [0.2, 0.25) is 0 Å². The van der Waals surface area contributed by atoms with E-state index >= 15 is 0 Å². The minimum atomic E-state index is -0.0350. The van der Waals surface area contributed by atoms with Gasteiger partial charge in [0, 0.05) is 6.42 Å². The van der Waals surface area contributed by atoms with E-state index in [0.717, 1.165) is 23.5 Å². The Morgan fingerprint density at radius 1 is 1.24 bits per heavy atom. The van der Waals surface area contributed by atoms with Crippen LogP contribution >= 0.6 is 0 Å². The predicted molar refractivity (Wildman–Crippen MR) is 65.8 cm³/mol. The van der Waals surface area contributed by atoms with Gasteiger partial charge in [0.1, 0.15) is 0 Å². The Morgan fingerprint density at radius 3 is 2.59 bits per heavy atom. The van der Waals surface area contributed by atoms with Crippen molar-refractivity contribution in [2.75, 3.05) is 27.3 Å². The Labute approximate surface area is 101 Å². The molecule has 1 aromatic rings. The Morgan fingerprint density at radius 2 is 1.94 bits per heavy atom. The minimum Gasteiger partial charge on any atom is -0.490 e. The van der Waals surface area contributed by atoms with Crippen LogP contribution in [0.15, 0.2) is 18.2 Å². The van der Waals surface area contributed by atoms with Gasteiger partial charge in [0.05, 0.1) is 19.4 Å². The maximum Gasteiger partial charge on any atom is 0.161 e. The molecule has 0 fully saturated rings. The number of hydrazine groups is 1. The summed E-state index contributed by atoms with van der Waals surface area (Å²) >= 11 is 0. The highest BCUT2D eigenvalue weighted by molar-refractivity contribution is 5.44. The van der Waals surface area contributed by atoms with E-state index < -0.39 is 0 Å². The molecular formula is C12H19N3O2. The van der Waals surface area contributed by atoms with Crippen LogP contribution in [-0.2, 0) is 0 Å². The topological polar surface area (TPSA) is 59.8 Å². The molecule has 1 heterocycles. The SMILES string of the molecule is CN(C)C(NN)c1ccc2c(c1)OCCCO2. The van der Waals surface area contributed by atoms with Gasteiger partial charge in [-0.25, -0.2) is 5.43 Å². The van der Waals surface area contributed by atoms with Gasteiger partial charge in [-0.1, -0.05) is 6.07 Å². The standard InChI is InChI=1S/C12H19N3O2/c1-15(2)12(14-13)9-4-5-10-11(8-9)17-7-3-6-16-10/h4-5,8,12,14H,3,6-7,13H2,1-2H3. The van der Waals surface area contributed by atoms with Crippen LogP contribution in [0, 0.1) is 0 Å². The summed E-state index contributed by atoms with van der Waals surface area (Å²) in [7, 11) is 3.93. The number of ether oxygens (including phenoxy) is 2. The van der Waals surface area contributed by atoms with Crippen LogP contribution in [0.25, 0.3) is 0 Å². The van der Waals surface area contributed by atoms with Crippen LogP contribution in [0.3, 0.4) is 0 Å². The lowest BCUT2D eigenvalue weighted by molar-refractivity contribution is 0.251. The molecule has 0 aromatic heterocycles. The molecule has 0 radical (unpaired) electrons. The van der Waals surface area contributed by atoms with E-state index in [0.29, 0.717) is 13.2 Å². The minimum absolute atomic E-state index is 0.0350. The number of nitrogens with two attached hydrogens (primary N) is 1. The quantitative estimate of drug-likeness (QED) is 0.464. The first-order valence-corrected chi connectivity index (χ1v) is 5.74. The molecule has 1 aromatic carbocycles. The smallest absolute Gasteiger partial charge is 0.161 e. The zero-order chi connectivity index (χ0) is 12.3. The molecular weight excluding hydrogens is 218 g/mol. The molecule has 0 bridgehead atoms. The molecule has 5 heteroatoms. The lowest BCUT2D eigenvalue weighted by atomic mass is 10.1. The molecule has 94 valence electrons. The van der Waals surface area contributed by atoms with Gasteiger partial charge >= 0.3 is 0 Å². The average Bonchev–Trinajstić information content (AvgIpc) is 2.54. The van der Waals surface area contributed by atoms with Gasteiger partial charge in [0.25, 0.3) is 0 Å². The molecule has 0 spiro atoms. The number of fused-ring (bicyclic) bond motifs is 1. The fraction of sp³-hybridized carbons (Fsp3) is 0.500. The Balaban J connectivity index is 2.28. The molecule has 3 N–H and O–H groups in total. The lowest BCUT2D eigenvalue weighted by Gasteiger charge is -2.24. The van der Waals surface area contributed by atoms with E-state index in [9.17, 15) is 0 Å². The van der Waals surface area contributed by atoms with E-state index in [-0.39, 0.29) is 6.17 Å². The van der Waals surface area contributed by atoms with Crippen molar-refractivity contribution in [1.29, 1.82) is 0 Å². The molecule has 5 nitrogen and oxygen atoms in total. The second-order valence-corrected chi connectivity index (χ2v) is 4.29. The molecule has 1 unspecified atom stereocenters. The van der Waals surface area contributed by atoms with E-state index in [4.69, 9.17) is 15.3 Å². The molecule has 1 aliphatic heterocycles. The van der Waals surface area contributed by atoms with Gasteiger partial charge in [0.2, 0.25) is 0 Å². The highest BCUT2D eigenvalue weighted by Crippen LogP contribution is 2.32. The Kier molecular flexibility index (Phi) is 3.83. The van der Waals surface area contributed by atoms with Crippen molar-refractivity contribution in [2.24, 2.45) is 5.84 Å². The summed E-state index contributed by atoms with van der Waals surface area (Å²) in [5.74, 6) is 7.15. The van der Waals surface area contributed by atoms with Crippen molar-refractivity contribution in [2.45, 2.75) is 12.6 Å². The summed E-state index contributed by atoms with van der Waals surface area (Å²) in [6.07, 6.45) is 0.878. The third-order valence-electron chi connectivity index (χ3n) is 2.76. The van der Waals surface area contributed by atoms with E-state index in [1.54, 1.807) is 0 Å². The number of benzene rings is 1. The average molecular weight is 237 g/mol. The fourth-order valence-corrected chi connectivity index (χ4v) is 1.89. The van der Waals surface area contributed by atoms with Crippen molar-refractivity contribution < 1.29 is 9.47 Å². The van der Waals surface area contributed by atoms with Gasteiger partial charge in [-0.2, -0.15) is 0 Å². The van der Waals surface area contributed by atoms with Crippen LogP contribution in [0.5, 0.6) is 11.5 Å². The van der Waals surface area contributed by atoms with E-state index in [2.05, 4.69) is 5.43 Å². The van der Waals surface area contributed by atoms with Crippen LogP contribution in [0.1, 0.15) is 18.2 Å². The largest absolute Gasteiger partial charge is 0.490 e. The third-order valence-corrected chi connectivity index (χ3v) is 2.76. The third kappa shape index (κ3) is 2.69. The summed E-state index contributed by atoms with van der Waals surface area (Å²) in [4.78, 5) is 2.00. The maximum absolute atomic E-state index is 5.65. The fourth-order valence-electron chi connectivity index (χ4n) is 1.89. The molecule has 0 aliphatic carbocycles. The first-order valence-electron chi connectivity index (χ1n) is 5.74. The number of nitrogens with one attached hydrogen (secondary N) is 1. The molecule has 17 heavy (non-hydrogen) atoms. The van der Waals surface area contributed by atoms with Crippen molar-refractivity contribution in [1.82, 2.24) is 10.3 Å². The first kappa shape index (κ1) is 12.2. The summed E-state index contributed by atoms with van der Waals surface area (Å²) in [5, 5.41) is 0. The number of rotatable bonds is 3. The predicted octanol–water partition coefficient (Wildman–Crippen LogP) is 0.871. The molecule has 0 saturated carbocycles. The number of hydrogen-bond donors (Lipinski definition) is 2. The van der Waals surface area contributed by atoms with Gasteiger partial charge in [-0.15, -0.1) is 0 Å². The van der Waals surface area contributed by atoms with Gasteiger partial charge in [-0.3, -0.25) is 10.7 Å². The van der Waals surface area contributed by atoms with Crippen LogP contribution < -0.4 is 20.7 Å². The monoisotopic (exact) mass is 237 g/mol. The Bertz CT molecular complexity index is 382. The molecule has 0 amide bonds. The summed E-state index contributed by atoms with van der Waals surface area (Å²) in [6, 6.07) is 5.91. The van der Waals surface area contributed by atoms with Crippen LogP contribution in [0.4, 0.5) is 0 Å². The molecule has 2 rings (SSSR count). The second kappa shape index (κ2) is 5.35. The number of hydrogen-bond acceptors (Lipinski definition) is 5. The van der Waals surface area contributed by atoms with Crippen molar-refractivity contribution in [3.8, 4) is 11.5 Å². The van der Waals surface area contributed by atoms with Gasteiger partial charge in [-0.05, 0) is 31.8 Å². The van der Waals surface area contributed by atoms with Gasteiger partial charge in [0.15, 0.2) is 11.5 Å². The molecule has 1 atom stereocenters. The zero-order valence-electron chi connectivity index (χ0n) is 10.3. The second-order valence-electron chi connectivity index (χ2n) is 4.29. The summed E-state index contributed by atoms with van der Waals surface area (Å²) in [6.45, 7) is 1.40. The van der Waals surface area contributed by atoms with Crippen molar-refractivity contribution in [3.05, 3.63) is 23.8 Å². The zero-order valence-corrected chi connectivity index (χ0v) is 10.3. The van der Waals surface area contributed by atoms with Gasteiger partial charge < -0.3 is 9.47 Å². The normalized spacial score (nSPS) is 16.7. The molecule has 0 saturated heterocycles. The summed E-state index contributed by atoms with van der Waals surface area (Å²) in [5.41, 5.74) is 3.83. The van der Waals surface area contributed by atoms with Crippen molar-refractivity contribution >= 4 is 0 Å². The van der Waals surface area contributed by atoms with Crippen LogP contribution in [-0.4, -0.2) is 32.2 Å². The maximum atomic E-state index is 5.65.